The zero-order chi connectivity index (χ0) is 14.5. The molecule has 2 N–H and O–H groups in total. The van der Waals surface area contributed by atoms with Gasteiger partial charge in [0, 0.05) is 19.1 Å². The van der Waals surface area contributed by atoms with Crippen molar-refractivity contribution in [3.63, 3.8) is 0 Å². The monoisotopic (exact) mass is 292 g/mol. The Morgan fingerprint density at radius 3 is 2.76 bits per heavy atom. The highest BCUT2D eigenvalue weighted by atomic mass is 16.6. The van der Waals surface area contributed by atoms with Crippen LogP contribution in [-0.2, 0) is 4.74 Å². The molecular formula is C15H20N2O4. The van der Waals surface area contributed by atoms with Crippen molar-refractivity contribution in [3.8, 4) is 11.5 Å². The fourth-order valence-electron chi connectivity index (χ4n) is 2.41. The zero-order valence-electron chi connectivity index (χ0n) is 11.8. The molecule has 0 unspecified atom stereocenters. The molecular weight excluding hydrogens is 272 g/mol. The van der Waals surface area contributed by atoms with Crippen molar-refractivity contribution >= 4 is 6.03 Å². The number of hydrogen-bond acceptors (Lipinski definition) is 4. The first-order valence-corrected chi connectivity index (χ1v) is 7.29. The van der Waals surface area contributed by atoms with E-state index in [4.69, 9.17) is 14.2 Å². The second kappa shape index (κ2) is 6.67. The quantitative estimate of drug-likeness (QED) is 0.874. The highest BCUT2D eigenvalue weighted by molar-refractivity contribution is 5.73. The Balaban J connectivity index is 1.38. The molecule has 2 aliphatic rings. The first kappa shape index (κ1) is 14.0. The number of nitrogens with one attached hydrogen (secondary N) is 2. The maximum Gasteiger partial charge on any atom is 0.314 e. The molecule has 1 aromatic carbocycles. The van der Waals surface area contributed by atoms with E-state index in [0.717, 1.165) is 31.1 Å². The van der Waals surface area contributed by atoms with E-state index in [-0.39, 0.29) is 12.1 Å². The molecule has 0 radical (unpaired) electrons. The van der Waals surface area contributed by atoms with E-state index < -0.39 is 0 Å². The van der Waals surface area contributed by atoms with Crippen LogP contribution in [-0.4, -0.2) is 45.0 Å². The van der Waals surface area contributed by atoms with Crippen LogP contribution < -0.4 is 20.1 Å². The van der Waals surface area contributed by atoms with Gasteiger partial charge in [0.25, 0.3) is 0 Å². The fraction of sp³-hybridized carbons (Fsp3) is 0.533. The summed E-state index contributed by atoms with van der Waals surface area (Å²) in [7, 11) is 0. The summed E-state index contributed by atoms with van der Waals surface area (Å²) in [6.07, 6.45) is 0.844. The largest absolute Gasteiger partial charge is 0.486 e. The summed E-state index contributed by atoms with van der Waals surface area (Å²) in [6, 6.07) is 7.36. The van der Waals surface area contributed by atoms with Gasteiger partial charge in [0.15, 0.2) is 17.6 Å². The third-order valence-electron chi connectivity index (χ3n) is 3.63. The lowest BCUT2D eigenvalue weighted by molar-refractivity contribution is 0.0917. The molecule has 1 saturated heterocycles. The lowest BCUT2D eigenvalue weighted by Crippen LogP contribution is -2.45. The van der Waals surface area contributed by atoms with Gasteiger partial charge in [0.1, 0.15) is 6.61 Å². The number of hydrogen-bond donors (Lipinski definition) is 2. The van der Waals surface area contributed by atoms with Crippen molar-refractivity contribution in [2.45, 2.75) is 12.5 Å². The average molecular weight is 292 g/mol. The summed E-state index contributed by atoms with van der Waals surface area (Å²) in [5.74, 6) is 1.90. The molecule has 0 saturated carbocycles. The Labute approximate surface area is 123 Å². The van der Waals surface area contributed by atoms with Crippen molar-refractivity contribution in [2.24, 2.45) is 5.92 Å². The van der Waals surface area contributed by atoms with Gasteiger partial charge in [-0.3, -0.25) is 0 Å². The van der Waals surface area contributed by atoms with Crippen molar-refractivity contribution in [2.75, 3.05) is 32.9 Å². The minimum atomic E-state index is -0.177. The molecule has 0 spiro atoms. The van der Waals surface area contributed by atoms with Gasteiger partial charge in [-0.1, -0.05) is 12.1 Å². The minimum Gasteiger partial charge on any atom is -0.486 e. The molecule has 1 aromatic rings. The summed E-state index contributed by atoms with van der Waals surface area (Å²) in [5.41, 5.74) is 0. The Hall–Kier alpha value is -1.95. The normalized spacial score (nSPS) is 23.6. The smallest absolute Gasteiger partial charge is 0.314 e. The fourth-order valence-corrected chi connectivity index (χ4v) is 2.41. The summed E-state index contributed by atoms with van der Waals surface area (Å²) in [6.45, 7) is 3.03. The number of rotatable bonds is 4. The van der Waals surface area contributed by atoms with Crippen molar-refractivity contribution in [1.29, 1.82) is 0 Å². The van der Waals surface area contributed by atoms with Crippen LogP contribution in [0.5, 0.6) is 11.5 Å². The lowest BCUT2D eigenvalue weighted by Gasteiger charge is -2.26. The minimum absolute atomic E-state index is 0.166. The van der Waals surface area contributed by atoms with Crippen LogP contribution in [0.2, 0.25) is 0 Å². The summed E-state index contributed by atoms with van der Waals surface area (Å²) >= 11 is 0. The van der Waals surface area contributed by atoms with E-state index in [9.17, 15) is 4.79 Å². The molecule has 1 fully saturated rings. The molecule has 2 aliphatic heterocycles. The number of ether oxygens (including phenoxy) is 3. The number of carbonyl (C=O) groups is 1. The molecule has 2 heterocycles. The van der Waals surface area contributed by atoms with Gasteiger partial charge in [-0.2, -0.15) is 0 Å². The highest BCUT2D eigenvalue weighted by Crippen LogP contribution is 2.30. The first-order chi connectivity index (χ1) is 10.3. The van der Waals surface area contributed by atoms with E-state index in [0.29, 0.717) is 25.6 Å². The average Bonchev–Trinajstić information content (AvgIpc) is 3.04. The number of para-hydroxylation sites is 2. The van der Waals surface area contributed by atoms with Gasteiger partial charge < -0.3 is 24.8 Å². The van der Waals surface area contributed by atoms with E-state index in [2.05, 4.69) is 10.6 Å². The Kier molecular flexibility index (Phi) is 4.45. The van der Waals surface area contributed by atoms with Gasteiger partial charge >= 0.3 is 6.03 Å². The third kappa shape index (κ3) is 3.78. The lowest BCUT2D eigenvalue weighted by atomic mass is 10.1. The standard InChI is InChI=1S/C15H20N2O4/c18-15(16-7-11-5-6-19-9-11)17-8-12-10-20-13-3-1-2-4-14(13)21-12/h1-4,11-12H,5-10H2,(H2,16,17,18)/t11-,12-/m1/s1. The Morgan fingerprint density at radius 1 is 1.14 bits per heavy atom. The molecule has 0 aliphatic carbocycles. The van der Waals surface area contributed by atoms with Gasteiger partial charge in [0.2, 0.25) is 0 Å². The number of fused-ring (bicyclic) bond motifs is 1. The Bertz CT molecular complexity index is 488. The molecule has 114 valence electrons. The van der Waals surface area contributed by atoms with Gasteiger partial charge in [-0.15, -0.1) is 0 Å². The number of carbonyl (C=O) groups excluding carboxylic acids is 1. The topological polar surface area (TPSA) is 68.8 Å². The van der Waals surface area contributed by atoms with Crippen LogP contribution in [0.15, 0.2) is 24.3 Å². The highest BCUT2D eigenvalue weighted by Gasteiger charge is 2.21. The van der Waals surface area contributed by atoms with Crippen LogP contribution in [0.1, 0.15) is 6.42 Å². The molecule has 21 heavy (non-hydrogen) atoms. The first-order valence-electron chi connectivity index (χ1n) is 7.29. The molecule has 6 nitrogen and oxygen atoms in total. The van der Waals surface area contributed by atoms with E-state index in [1.54, 1.807) is 0 Å². The maximum atomic E-state index is 11.7. The third-order valence-corrected chi connectivity index (χ3v) is 3.63. The van der Waals surface area contributed by atoms with Crippen LogP contribution >= 0.6 is 0 Å². The SMILES string of the molecule is O=C(NC[C@H]1CCOC1)NC[C@@H]1COc2ccccc2O1. The number of amides is 2. The molecule has 0 bridgehead atoms. The number of benzene rings is 1. The number of urea groups is 1. The van der Waals surface area contributed by atoms with Gasteiger partial charge in [0.05, 0.1) is 13.2 Å². The molecule has 0 aromatic heterocycles. The summed E-state index contributed by atoms with van der Waals surface area (Å²) in [5, 5.41) is 5.67. The Morgan fingerprint density at radius 2 is 1.95 bits per heavy atom. The molecule has 2 amide bonds. The summed E-state index contributed by atoms with van der Waals surface area (Å²) in [4.78, 5) is 11.7. The van der Waals surface area contributed by atoms with Crippen LogP contribution in [0.25, 0.3) is 0 Å². The van der Waals surface area contributed by atoms with Crippen LogP contribution in [0.4, 0.5) is 4.79 Å². The predicted molar refractivity (Wildman–Crippen MR) is 76.7 cm³/mol. The zero-order valence-corrected chi connectivity index (χ0v) is 11.8. The predicted octanol–water partition coefficient (Wildman–Crippen LogP) is 1.16. The molecule has 6 heteroatoms. The van der Waals surface area contributed by atoms with Crippen LogP contribution in [0.3, 0.4) is 0 Å². The molecule has 2 atom stereocenters. The van der Waals surface area contributed by atoms with E-state index in [1.807, 2.05) is 24.3 Å². The van der Waals surface area contributed by atoms with Gasteiger partial charge in [-0.05, 0) is 18.6 Å². The summed E-state index contributed by atoms with van der Waals surface area (Å²) < 4.78 is 16.6. The van der Waals surface area contributed by atoms with Crippen LogP contribution in [0, 0.1) is 5.92 Å². The van der Waals surface area contributed by atoms with Crippen molar-refractivity contribution in [3.05, 3.63) is 24.3 Å². The second-order valence-electron chi connectivity index (χ2n) is 5.32. The van der Waals surface area contributed by atoms with E-state index >= 15 is 0 Å². The van der Waals surface area contributed by atoms with Gasteiger partial charge in [-0.25, -0.2) is 4.79 Å². The maximum absolute atomic E-state index is 11.7. The van der Waals surface area contributed by atoms with E-state index in [1.165, 1.54) is 0 Å². The molecule has 3 rings (SSSR count). The second-order valence-corrected chi connectivity index (χ2v) is 5.32. The van der Waals surface area contributed by atoms with Crippen molar-refractivity contribution < 1.29 is 19.0 Å². The van der Waals surface area contributed by atoms with Crippen molar-refractivity contribution in [1.82, 2.24) is 10.6 Å².